The largest absolute Gasteiger partial charge is 0.325 e. The van der Waals surface area contributed by atoms with Gasteiger partial charge in [0.15, 0.2) is 0 Å². The Labute approximate surface area is 119 Å². The Bertz CT molecular complexity index is 464. The summed E-state index contributed by atoms with van der Waals surface area (Å²) in [5.74, 6) is 0.0134. The molecule has 1 heterocycles. The molecule has 1 saturated heterocycles. The number of benzene rings is 1. The Hall–Kier alpha value is -1.10. The van der Waals surface area contributed by atoms with E-state index in [4.69, 9.17) is 11.6 Å². The van der Waals surface area contributed by atoms with Gasteiger partial charge in [0.1, 0.15) is 0 Å². The summed E-state index contributed by atoms with van der Waals surface area (Å²) < 4.78 is 0. The van der Waals surface area contributed by atoms with Crippen molar-refractivity contribution in [3.8, 4) is 0 Å². The Balaban J connectivity index is 1.92. The van der Waals surface area contributed by atoms with E-state index in [9.17, 15) is 4.79 Å². The molecule has 0 aliphatic carbocycles. The van der Waals surface area contributed by atoms with E-state index < -0.39 is 0 Å². The number of piperazine rings is 1. The fourth-order valence-electron chi connectivity index (χ4n) is 2.28. The van der Waals surface area contributed by atoms with Crippen LogP contribution in [-0.2, 0) is 4.79 Å². The second-order valence-electron chi connectivity index (χ2n) is 5.10. The molecule has 0 radical (unpaired) electrons. The van der Waals surface area contributed by atoms with Crippen LogP contribution < -0.4 is 10.6 Å². The molecule has 1 amide bonds. The minimum absolute atomic E-state index is 0.0134. The van der Waals surface area contributed by atoms with Crippen LogP contribution in [0.15, 0.2) is 18.2 Å². The number of nitrogens with one attached hydrogen (secondary N) is 2. The van der Waals surface area contributed by atoms with Gasteiger partial charge in [-0.3, -0.25) is 9.69 Å². The standard InChI is InChI=1S/C14H20ClN3O/c1-10-3-4-12(15)7-13(10)17-14(19)9-18-6-5-16-11(2)8-18/h3-4,7,11,16H,5-6,8-9H2,1-2H3,(H,17,19)/t11-/m0/s1. The molecule has 2 N–H and O–H groups in total. The number of rotatable bonds is 3. The highest BCUT2D eigenvalue weighted by molar-refractivity contribution is 6.31. The van der Waals surface area contributed by atoms with Crippen LogP contribution in [0.25, 0.3) is 0 Å². The van der Waals surface area contributed by atoms with Crippen molar-refractivity contribution in [2.75, 3.05) is 31.5 Å². The van der Waals surface area contributed by atoms with Gasteiger partial charge in [0.2, 0.25) is 5.91 Å². The molecule has 1 aliphatic heterocycles. The zero-order chi connectivity index (χ0) is 13.8. The molecule has 4 nitrogen and oxygen atoms in total. The molecule has 1 fully saturated rings. The molecule has 2 rings (SSSR count). The SMILES string of the molecule is Cc1ccc(Cl)cc1NC(=O)CN1CCN[C@@H](C)C1. The van der Waals surface area contributed by atoms with Gasteiger partial charge in [-0.2, -0.15) is 0 Å². The van der Waals surface area contributed by atoms with Gasteiger partial charge in [-0.05, 0) is 31.5 Å². The quantitative estimate of drug-likeness (QED) is 0.889. The lowest BCUT2D eigenvalue weighted by Gasteiger charge is -2.31. The monoisotopic (exact) mass is 281 g/mol. The highest BCUT2D eigenvalue weighted by Gasteiger charge is 2.18. The first kappa shape index (κ1) is 14.3. The van der Waals surface area contributed by atoms with Crippen LogP contribution in [0.2, 0.25) is 5.02 Å². The van der Waals surface area contributed by atoms with E-state index in [0.717, 1.165) is 30.9 Å². The van der Waals surface area contributed by atoms with E-state index >= 15 is 0 Å². The molecule has 19 heavy (non-hydrogen) atoms. The van der Waals surface area contributed by atoms with Crippen LogP contribution in [0.3, 0.4) is 0 Å². The molecular formula is C14H20ClN3O. The predicted octanol–water partition coefficient (Wildman–Crippen LogP) is 1.88. The van der Waals surface area contributed by atoms with Crippen LogP contribution in [-0.4, -0.2) is 43.0 Å². The van der Waals surface area contributed by atoms with E-state index in [2.05, 4.69) is 22.5 Å². The van der Waals surface area contributed by atoms with Crippen molar-refractivity contribution in [1.29, 1.82) is 0 Å². The summed E-state index contributed by atoms with van der Waals surface area (Å²) in [6, 6.07) is 5.96. The van der Waals surface area contributed by atoms with E-state index in [1.165, 1.54) is 0 Å². The Morgan fingerprint density at radius 3 is 3.11 bits per heavy atom. The van der Waals surface area contributed by atoms with Crippen molar-refractivity contribution in [3.63, 3.8) is 0 Å². The summed E-state index contributed by atoms with van der Waals surface area (Å²) in [5.41, 5.74) is 1.81. The second kappa shape index (κ2) is 6.37. The maximum Gasteiger partial charge on any atom is 0.238 e. The van der Waals surface area contributed by atoms with Crippen LogP contribution >= 0.6 is 11.6 Å². The smallest absolute Gasteiger partial charge is 0.238 e. The van der Waals surface area contributed by atoms with Gasteiger partial charge in [0, 0.05) is 36.4 Å². The number of halogens is 1. The third kappa shape index (κ3) is 4.20. The summed E-state index contributed by atoms with van der Waals surface area (Å²) in [7, 11) is 0. The average Bonchev–Trinajstić information content (AvgIpc) is 2.34. The zero-order valence-corrected chi connectivity index (χ0v) is 12.1. The van der Waals surface area contributed by atoms with E-state index in [0.29, 0.717) is 17.6 Å². The Morgan fingerprint density at radius 1 is 1.58 bits per heavy atom. The highest BCUT2D eigenvalue weighted by Crippen LogP contribution is 2.20. The van der Waals surface area contributed by atoms with Crippen molar-refractivity contribution >= 4 is 23.2 Å². The molecular weight excluding hydrogens is 262 g/mol. The van der Waals surface area contributed by atoms with Crippen LogP contribution in [0.1, 0.15) is 12.5 Å². The molecule has 1 aromatic rings. The summed E-state index contributed by atoms with van der Waals surface area (Å²) in [5, 5.41) is 6.92. The normalized spacial score (nSPS) is 20.3. The molecule has 0 unspecified atom stereocenters. The fourth-order valence-corrected chi connectivity index (χ4v) is 2.45. The fraction of sp³-hybridized carbons (Fsp3) is 0.500. The van der Waals surface area contributed by atoms with Gasteiger partial charge < -0.3 is 10.6 Å². The number of hydrogen-bond acceptors (Lipinski definition) is 3. The Morgan fingerprint density at radius 2 is 2.37 bits per heavy atom. The van der Waals surface area contributed by atoms with E-state index in [1.54, 1.807) is 6.07 Å². The minimum atomic E-state index is 0.0134. The maximum atomic E-state index is 12.0. The molecule has 0 bridgehead atoms. The summed E-state index contributed by atoms with van der Waals surface area (Å²) in [6.45, 7) is 7.26. The van der Waals surface area contributed by atoms with Gasteiger partial charge in [0.05, 0.1) is 6.54 Å². The highest BCUT2D eigenvalue weighted by atomic mass is 35.5. The molecule has 1 aromatic carbocycles. The summed E-state index contributed by atoms with van der Waals surface area (Å²) >= 11 is 5.94. The lowest BCUT2D eigenvalue weighted by atomic mass is 10.2. The molecule has 104 valence electrons. The predicted molar refractivity (Wildman–Crippen MR) is 78.7 cm³/mol. The third-order valence-electron chi connectivity index (χ3n) is 3.29. The lowest BCUT2D eigenvalue weighted by Crippen LogP contribution is -2.51. The zero-order valence-electron chi connectivity index (χ0n) is 11.4. The minimum Gasteiger partial charge on any atom is -0.325 e. The third-order valence-corrected chi connectivity index (χ3v) is 3.53. The topological polar surface area (TPSA) is 44.4 Å². The van der Waals surface area contributed by atoms with Gasteiger partial charge in [-0.1, -0.05) is 17.7 Å². The molecule has 0 spiro atoms. The molecule has 0 saturated carbocycles. The first-order valence-corrected chi connectivity index (χ1v) is 6.94. The number of aryl methyl sites for hydroxylation is 1. The first-order chi connectivity index (χ1) is 9.04. The molecule has 5 heteroatoms. The number of hydrogen-bond donors (Lipinski definition) is 2. The Kier molecular flexibility index (Phi) is 4.80. The van der Waals surface area contributed by atoms with Crippen molar-refractivity contribution in [2.45, 2.75) is 19.9 Å². The van der Waals surface area contributed by atoms with Gasteiger partial charge >= 0.3 is 0 Å². The van der Waals surface area contributed by atoms with Crippen LogP contribution in [0.5, 0.6) is 0 Å². The molecule has 0 aromatic heterocycles. The lowest BCUT2D eigenvalue weighted by molar-refractivity contribution is -0.117. The number of anilines is 1. The maximum absolute atomic E-state index is 12.0. The van der Waals surface area contributed by atoms with Crippen molar-refractivity contribution in [2.24, 2.45) is 0 Å². The van der Waals surface area contributed by atoms with Gasteiger partial charge in [0.25, 0.3) is 0 Å². The van der Waals surface area contributed by atoms with Crippen LogP contribution in [0, 0.1) is 6.92 Å². The van der Waals surface area contributed by atoms with Crippen molar-refractivity contribution in [1.82, 2.24) is 10.2 Å². The summed E-state index contributed by atoms with van der Waals surface area (Å²) in [4.78, 5) is 14.2. The molecule has 1 atom stereocenters. The first-order valence-electron chi connectivity index (χ1n) is 6.56. The van der Waals surface area contributed by atoms with E-state index in [-0.39, 0.29) is 5.91 Å². The number of carbonyl (C=O) groups is 1. The van der Waals surface area contributed by atoms with Crippen molar-refractivity contribution < 1.29 is 4.79 Å². The average molecular weight is 282 g/mol. The van der Waals surface area contributed by atoms with Crippen LogP contribution in [0.4, 0.5) is 5.69 Å². The number of nitrogens with zero attached hydrogens (tertiary/aromatic N) is 1. The van der Waals surface area contributed by atoms with Gasteiger partial charge in [-0.15, -0.1) is 0 Å². The number of carbonyl (C=O) groups excluding carboxylic acids is 1. The number of amides is 1. The van der Waals surface area contributed by atoms with E-state index in [1.807, 2.05) is 19.1 Å². The molecule has 1 aliphatic rings. The second-order valence-corrected chi connectivity index (χ2v) is 5.53. The summed E-state index contributed by atoms with van der Waals surface area (Å²) in [6.07, 6.45) is 0. The van der Waals surface area contributed by atoms with Crippen molar-refractivity contribution in [3.05, 3.63) is 28.8 Å². The van der Waals surface area contributed by atoms with Gasteiger partial charge in [-0.25, -0.2) is 0 Å².